The fourth-order valence-electron chi connectivity index (χ4n) is 1.43. The molecule has 1 rings (SSSR count). The Labute approximate surface area is 117 Å². The van der Waals surface area contributed by atoms with E-state index in [9.17, 15) is 18.0 Å². The molecule has 1 aromatic carbocycles. The summed E-state index contributed by atoms with van der Waals surface area (Å²) in [4.78, 5) is 22.9. The molecule has 0 atom stereocenters. The largest absolute Gasteiger partial charge is 0.465 e. The molecule has 0 unspecified atom stereocenters. The molecule has 0 aliphatic heterocycles. The number of benzene rings is 1. The van der Waals surface area contributed by atoms with Gasteiger partial charge in [0.25, 0.3) is 5.91 Å². The Morgan fingerprint density at radius 3 is 2.50 bits per heavy atom. The Morgan fingerprint density at radius 1 is 1.30 bits per heavy atom. The third kappa shape index (κ3) is 4.54. The van der Waals surface area contributed by atoms with Gasteiger partial charge in [0.05, 0.1) is 11.5 Å². The fraction of sp³-hybridized carbons (Fsp3) is 0.333. The molecule has 0 aromatic heterocycles. The molecule has 3 N–H and O–H groups in total. The monoisotopic (exact) mass is 300 g/mol. The lowest BCUT2D eigenvalue weighted by atomic mass is 10.2. The third-order valence-corrected chi connectivity index (χ3v) is 3.41. The smallest absolute Gasteiger partial charge is 0.325 e. The molecule has 1 amide bonds. The zero-order chi connectivity index (χ0) is 15.3. The highest BCUT2D eigenvalue weighted by Crippen LogP contribution is 2.16. The van der Waals surface area contributed by atoms with Gasteiger partial charge in [0.1, 0.15) is 6.54 Å². The minimum Gasteiger partial charge on any atom is -0.465 e. The van der Waals surface area contributed by atoms with E-state index in [2.05, 4.69) is 10.1 Å². The Bertz CT molecular complexity index is 625. The number of ether oxygens (including phenoxy) is 1. The van der Waals surface area contributed by atoms with E-state index in [0.29, 0.717) is 0 Å². The van der Waals surface area contributed by atoms with E-state index in [1.807, 2.05) is 0 Å². The van der Waals surface area contributed by atoms with Crippen LogP contribution in [0.25, 0.3) is 0 Å². The number of rotatable bonds is 5. The summed E-state index contributed by atoms with van der Waals surface area (Å²) in [6.07, 6.45) is 1.02. The Balaban J connectivity index is 2.89. The number of hydrogen-bond donors (Lipinski definition) is 2. The molecule has 20 heavy (non-hydrogen) atoms. The van der Waals surface area contributed by atoms with Gasteiger partial charge in [-0.3, -0.25) is 9.59 Å². The van der Waals surface area contributed by atoms with E-state index in [0.717, 1.165) is 6.26 Å². The van der Waals surface area contributed by atoms with Crippen LogP contribution >= 0.6 is 0 Å². The van der Waals surface area contributed by atoms with Crippen LogP contribution < -0.4 is 11.1 Å². The number of anilines is 1. The summed E-state index contributed by atoms with van der Waals surface area (Å²) in [5, 5.41) is 2.33. The average molecular weight is 300 g/mol. The predicted octanol–water partition coefficient (Wildman–Crippen LogP) is -0.0348. The standard InChI is InChI=1S/C12H16N2O5S/c1-3-19-11(15)7-14-12(16)8-4-9(13)6-10(5-8)20(2,17)18/h4-6H,3,7,13H2,1-2H3,(H,14,16). The second-order valence-electron chi connectivity index (χ2n) is 4.05. The van der Waals surface area contributed by atoms with Crippen molar-refractivity contribution in [1.82, 2.24) is 5.32 Å². The highest BCUT2D eigenvalue weighted by molar-refractivity contribution is 7.90. The number of esters is 1. The minimum absolute atomic E-state index is 0.0567. The fourth-order valence-corrected chi connectivity index (χ4v) is 2.12. The van der Waals surface area contributed by atoms with Gasteiger partial charge in [-0.2, -0.15) is 0 Å². The molecule has 0 saturated heterocycles. The van der Waals surface area contributed by atoms with E-state index in [-0.39, 0.29) is 29.3 Å². The second-order valence-corrected chi connectivity index (χ2v) is 6.07. The van der Waals surface area contributed by atoms with E-state index >= 15 is 0 Å². The van der Waals surface area contributed by atoms with Crippen LogP contribution in [0.1, 0.15) is 17.3 Å². The summed E-state index contributed by atoms with van der Waals surface area (Å²) >= 11 is 0. The van der Waals surface area contributed by atoms with Gasteiger partial charge >= 0.3 is 5.97 Å². The molecule has 110 valence electrons. The normalized spacial score (nSPS) is 10.9. The van der Waals surface area contributed by atoms with Crippen LogP contribution in [0.5, 0.6) is 0 Å². The number of hydrogen-bond acceptors (Lipinski definition) is 6. The maximum atomic E-state index is 11.8. The lowest BCUT2D eigenvalue weighted by Gasteiger charge is -2.07. The van der Waals surface area contributed by atoms with Gasteiger partial charge in [-0.25, -0.2) is 8.42 Å². The first-order valence-corrected chi connectivity index (χ1v) is 7.67. The molecule has 0 aliphatic carbocycles. The summed E-state index contributed by atoms with van der Waals surface area (Å²) in [6.45, 7) is 1.57. The van der Waals surface area contributed by atoms with E-state index in [1.165, 1.54) is 18.2 Å². The van der Waals surface area contributed by atoms with E-state index in [4.69, 9.17) is 5.73 Å². The number of sulfone groups is 1. The number of amides is 1. The SMILES string of the molecule is CCOC(=O)CNC(=O)c1cc(N)cc(S(C)(=O)=O)c1. The summed E-state index contributed by atoms with van der Waals surface area (Å²) in [5.41, 5.74) is 5.77. The van der Waals surface area contributed by atoms with Crippen LogP contribution in [0.4, 0.5) is 5.69 Å². The molecule has 7 nitrogen and oxygen atoms in total. The molecule has 0 heterocycles. The van der Waals surface area contributed by atoms with Gasteiger partial charge in [-0.1, -0.05) is 0 Å². The van der Waals surface area contributed by atoms with Crippen LogP contribution in [0.2, 0.25) is 0 Å². The Hall–Kier alpha value is -2.09. The third-order valence-electron chi connectivity index (χ3n) is 2.32. The van der Waals surface area contributed by atoms with Crippen molar-refractivity contribution in [2.75, 3.05) is 25.1 Å². The van der Waals surface area contributed by atoms with Crippen molar-refractivity contribution in [3.63, 3.8) is 0 Å². The van der Waals surface area contributed by atoms with Crippen molar-refractivity contribution < 1.29 is 22.7 Å². The maximum absolute atomic E-state index is 11.8. The Kier molecular flexibility index (Phi) is 5.09. The van der Waals surface area contributed by atoms with Crippen molar-refractivity contribution in [3.8, 4) is 0 Å². The predicted molar refractivity (Wildman–Crippen MR) is 72.9 cm³/mol. The first-order valence-electron chi connectivity index (χ1n) is 5.78. The van der Waals surface area contributed by atoms with Crippen molar-refractivity contribution in [2.45, 2.75) is 11.8 Å². The van der Waals surface area contributed by atoms with Gasteiger partial charge < -0.3 is 15.8 Å². The molecule has 0 radical (unpaired) electrons. The summed E-state index contributed by atoms with van der Waals surface area (Å²) in [7, 11) is -3.47. The Morgan fingerprint density at radius 2 is 1.95 bits per heavy atom. The summed E-state index contributed by atoms with van der Waals surface area (Å²) in [6, 6.07) is 3.79. The van der Waals surface area contributed by atoms with Gasteiger partial charge in [0.15, 0.2) is 9.84 Å². The lowest BCUT2D eigenvalue weighted by molar-refractivity contribution is -0.141. The molecule has 0 fully saturated rings. The minimum atomic E-state index is -3.47. The quantitative estimate of drug-likeness (QED) is 0.582. The van der Waals surface area contributed by atoms with Crippen molar-refractivity contribution >= 4 is 27.4 Å². The first kappa shape index (κ1) is 16.0. The number of nitrogen functional groups attached to an aromatic ring is 1. The van der Waals surface area contributed by atoms with Crippen molar-refractivity contribution in [2.24, 2.45) is 0 Å². The number of nitrogens with two attached hydrogens (primary N) is 1. The highest BCUT2D eigenvalue weighted by Gasteiger charge is 2.14. The zero-order valence-electron chi connectivity index (χ0n) is 11.2. The van der Waals surface area contributed by atoms with E-state index < -0.39 is 21.7 Å². The first-order chi connectivity index (χ1) is 9.24. The van der Waals surface area contributed by atoms with Crippen LogP contribution in [0.3, 0.4) is 0 Å². The van der Waals surface area contributed by atoms with Gasteiger partial charge in [0.2, 0.25) is 0 Å². The van der Waals surface area contributed by atoms with Crippen LogP contribution in [0, 0.1) is 0 Å². The van der Waals surface area contributed by atoms with E-state index in [1.54, 1.807) is 6.92 Å². The average Bonchev–Trinajstić information content (AvgIpc) is 2.34. The number of nitrogens with one attached hydrogen (secondary N) is 1. The molecule has 0 saturated carbocycles. The van der Waals surface area contributed by atoms with Gasteiger partial charge in [-0.05, 0) is 25.1 Å². The molecule has 8 heteroatoms. The molecule has 0 spiro atoms. The van der Waals surface area contributed by atoms with Crippen LogP contribution in [-0.4, -0.2) is 39.7 Å². The topological polar surface area (TPSA) is 116 Å². The zero-order valence-corrected chi connectivity index (χ0v) is 12.0. The second kappa shape index (κ2) is 6.38. The number of carbonyl (C=O) groups is 2. The van der Waals surface area contributed by atoms with Gasteiger partial charge in [-0.15, -0.1) is 0 Å². The molecule has 1 aromatic rings. The molecule has 0 bridgehead atoms. The van der Waals surface area contributed by atoms with Crippen LogP contribution in [0.15, 0.2) is 23.1 Å². The molecule has 0 aliphatic rings. The number of carbonyl (C=O) groups excluding carboxylic acids is 2. The lowest BCUT2D eigenvalue weighted by Crippen LogP contribution is -2.30. The van der Waals surface area contributed by atoms with Crippen LogP contribution in [-0.2, 0) is 19.4 Å². The molecular formula is C12H16N2O5S. The molecular weight excluding hydrogens is 284 g/mol. The van der Waals surface area contributed by atoms with Gasteiger partial charge in [0, 0.05) is 17.5 Å². The summed E-state index contributed by atoms with van der Waals surface area (Å²) in [5.74, 6) is -1.18. The van der Waals surface area contributed by atoms with Crippen molar-refractivity contribution in [3.05, 3.63) is 23.8 Å². The highest BCUT2D eigenvalue weighted by atomic mass is 32.2. The van der Waals surface area contributed by atoms with Crippen molar-refractivity contribution in [1.29, 1.82) is 0 Å². The maximum Gasteiger partial charge on any atom is 0.325 e. The summed E-state index contributed by atoms with van der Waals surface area (Å²) < 4.78 is 27.6.